The second-order valence-corrected chi connectivity index (χ2v) is 6.56. The Bertz CT molecular complexity index is 944. The van der Waals surface area contributed by atoms with Crippen LogP contribution in [0.5, 0.6) is 5.75 Å². The lowest BCUT2D eigenvalue weighted by molar-refractivity contribution is 0.142. The molecule has 1 fully saturated rings. The lowest BCUT2D eigenvalue weighted by Crippen LogP contribution is -2.41. The van der Waals surface area contributed by atoms with Gasteiger partial charge in [0.2, 0.25) is 11.7 Å². The Morgan fingerprint density at radius 1 is 1.25 bits per heavy atom. The molecular formula is C20H21N5O3. The number of pyridine rings is 1. The van der Waals surface area contributed by atoms with Gasteiger partial charge in [-0.3, -0.25) is 4.98 Å². The van der Waals surface area contributed by atoms with Crippen LogP contribution in [0.2, 0.25) is 0 Å². The number of hydrogen-bond acceptors (Lipinski definition) is 6. The maximum absolute atomic E-state index is 12.9. The highest BCUT2D eigenvalue weighted by Crippen LogP contribution is 2.31. The quantitative estimate of drug-likeness (QED) is 0.739. The van der Waals surface area contributed by atoms with E-state index in [4.69, 9.17) is 9.26 Å². The smallest absolute Gasteiger partial charge is 0.322 e. The number of nitrogens with one attached hydrogen (secondary N) is 1. The summed E-state index contributed by atoms with van der Waals surface area (Å²) < 4.78 is 10.7. The van der Waals surface area contributed by atoms with E-state index in [0.29, 0.717) is 29.7 Å². The molecule has 1 aliphatic rings. The molecule has 0 unspecified atom stereocenters. The van der Waals surface area contributed by atoms with E-state index in [0.717, 1.165) is 24.8 Å². The zero-order chi connectivity index (χ0) is 19.3. The number of anilines is 1. The van der Waals surface area contributed by atoms with Crippen molar-refractivity contribution in [1.82, 2.24) is 20.0 Å². The number of aromatic nitrogens is 3. The highest BCUT2D eigenvalue weighted by Gasteiger charge is 2.32. The second-order valence-electron chi connectivity index (χ2n) is 6.56. The van der Waals surface area contributed by atoms with Gasteiger partial charge in [0, 0.05) is 36.3 Å². The van der Waals surface area contributed by atoms with Crippen molar-refractivity contribution in [3.05, 3.63) is 54.7 Å². The van der Waals surface area contributed by atoms with Crippen LogP contribution in [-0.2, 0) is 0 Å². The van der Waals surface area contributed by atoms with Gasteiger partial charge in [0.05, 0.1) is 7.11 Å². The Morgan fingerprint density at radius 2 is 2.11 bits per heavy atom. The Hall–Kier alpha value is -3.42. The third-order valence-corrected chi connectivity index (χ3v) is 4.75. The van der Waals surface area contributed by atoms with Gasteiger partial charge in [0.25, 0.3) is 0 Å². The van der Waals surface area contributed by atoms with Crippen molar-refractivity contribution < 1.29 is 14.1 Å². The first-order valence-electron chi connectivity index (χ1n) is 9.20. The minimum atomic E-state index is -0.248. The Balaban J connectivity index is 1.53. The summed E-state index contributed by atoms with van der Waals surface area (Å²) in [5, 5.41) is 7.01. The third-order valence-electron chi connectivity index (χ3n) is 4.75. The molecule has 2 amide bonds. The normalized spacial score (nSPS) is 16.6. The van der Waals surface area contributed by atoms with Crippen molar-refractivity contribution in [2.75, 3.05) is 19.0 Å². The zero-order valence-electron chi connectivity index (χ0n) is 15.5. The summed E-state index contributed by atoms with van der Waals surface area (Å²) >= 11 is 0. The standard InChI is InChI=1S/C20H21N5O3/c1-27-16-6-4-5-15(13-16)22-20(26)25-12-3-2-7-17(25)19-23-18(24-28-19)14-8-10-21-11-9-14/h4-6,8-11,13,17H,2-3,7,12H2,1H3,(H,22,26)/t17-/m0/s1. The molecule has 4 rings (SSSR count). The van der Waals surface area contributed by atoms with Crippen LogP contribution in [0.3, 0.4) is 0 Å². The number of benzene rings is 1. The fourth-order valence-corrected chi connectivity index (χ4v) is 3.32. The minimum Gasteiger partial charge on any atom is -0.497 e. The molecular weight excluding hydrogens is 358 g/mol. The van der Waals surface area contributed by atoms with Gasteiger partial charge in [-0.05, 0) is 43.5 Å². The maximum atomic E-state index is 12.9. The number of carbonyl (C=O) groups is 1. The van der Waals surface area contributed by atoms with Gasteiger partial charge in [0.1, 0.15) is 11.8 Å². The van der Waals surface area contributed by atoms with Gasteiger partial charge < -0.3 is 19.5 Å². The summed E-state index contributed by atoms with van der Waals surface area (Å²) in [4.78, 5) is 23.2. The molecule has 8 nitrogen and oxygen atoms in total. The zero-order valence-corrected chi connectivity index (χ0v) is 15.5. The van der Waals surface area contributed by atoms with Crippen molar-refractivity contribution in [3.8, 4) is 17.1 Å². The second kappa shape index (κ2) is 8.08. The molecule has 1 aromatic carbocycles. The van der Waals surface area contributed by atoms with Gasteiger partial charge in [-0.1, -0.05) is 11.2 Å². The van der Waals surface area contributed by atoms with Gasteiger partial charge in [-0.2, -0.15) is 4.98 Å². The van der Waals surface area contributed by atoms with Crippen LogP contribution >= 0.6 is 0 Å². The van der Waals surface area contributed by atoms with E-state index in [1.165, 1.54) is 0 Å². The van der Waals surface area contributed by atoms with Crippen LogP contribution in [0.15, 0.2) is 53.3 Å². The fourth-order valence-electron chi connectivity index (χ4n) is 3.32. The molecule has 8 heteroatoms. The highest BCUT2D eigenvalue weighted by atomic mass is 16.5. The van der Waals surface area contributed by atoms with Crippen LogP contribution < -0.4 is 10.1 Å². The minimum absolute atomic E-state index is 0.193. The maximum Gasteiger partial charge on any atom is 0.322 e. The summed E-state index contributed by atoms with van der Waals surface area (Å²) in [7, 11) is 1.59. The molecule has 0 aliphatic carbocycles. The molecule has 1 atom stereocenters. The molecule has 1 aliphatic heterocycles. The summed E-state index contributed by atoms with van der Waals surface area (Å²) in [6.07, 6.45) is 6.08. The topological polar surface area (TPSA) is 93.4 Å². The molecule has 28 heavy (non-hydrogen) atoms. The first kappa shape index (κ1) is 18.0. The summed E-state index contributed by atoms with van der Waals surface area (Å²) in [5.41, 5.74) is 1.50. The Labute approximate surface area is 162 Å². The third kappa shape index (κ3) is 3.80. The number of amides is 2. The van der Waals surface area contributed by atoms with Crippen molar-refractivity contribution in [2.45, 2.75) is 25.3 Å². The number of hydrogen-bond donors (Lipinski definition) is 1. The molecule has 3 heterocycles. The molecule has 0 spiro atoms. The lowest BCUT2D eigenvalue weighted by Gasteiger charge is -2.33. The van der Waals surface area contributed by atoms with E-state index in [1.807, 2.05) is 30.3 Å². The van der Waals surface area contributed by atoms with Gasteiger partial charge in [-0.25, -0.2) is 4.79 Å². The Kier molecular flexibility index (Phi) is 5.18. The summed E-state index contributed by atoms with van der Waals surface area (Å²) in [5.74, 6) is 1.63. The van der Waals surface area contributed by atoms with E-state index in [9.17, 15) is 4.79 Å². The van der Waals surface area contributed by atoms with E-state index < -0.39 is 0 Å². The fraction of sp³-hybridized carbons (Fsp3) is 0.300. The van der Waals surface area contributed by atoms with Crippen LogP contribution in [0, 0.1) is 0 Å². The Morgan fingerprint density at radius 3 is 2.93 bits per heavy atom. The van der Waals surface area contributed by atoms with E-state index >= 15 is 0 Å². The number of nitrogens with zero attached hydrogens (tertiary/aromatic N) is 4. The van der Waals surface area contributed by atoms with Crippen molar-refractivity contribution in [1.29, 1.82) is 0 Å². The highest BCUT2D eigenvalue weighted by molar-refractivity contribution is 5.89. The van der Waals surface area contributed by atoms with E-state index in [2.05, 4.69) is 20.4 Å². The van der Waals surface area contributed by atoms with Crippen LogP contribution in [0.4, 0.5) is 10.5 Å². The lowest BCUT2D eigenvalue weighted by atomic mass is 10.0. The molecule has 1 N–H and O–H groups in total. The van der Waals surface area contributed by atoms with Gasteiger partial charge in [0.15, 0.2) is 0 Å². The number of urea groups is 1. The first-order valence-corrected chi connectivity index (χ1v) is 9.20. The van der Waals surface area contributed by atoms with Gasteiger partial charge >= 0.3 is 6.03 Å². The molecule has 2 aromatic heterocycles. The molecule has 0 bridgehead atoms. The molecule has 0 radical (unpaired) electrons. The average Bonchev–Trinajstić information content (AvgIpc) is 3.25. The van der Waals surface area contributed by atoms with Crippen molar-refractivity contribution in [2.24, 2.45) is 0 Å². The van der Waals surface area contributed by atoms with Gasteiger partial charge in [-0.15, -0.1) is 0 Å². The van der Waals surface area contributed by atoms with Crippen LogP contribution in [0.1, 0.15) is 31.2 Å². The summed E-state index contributed by atoms with van der Waals surface area (Å²) in [6, 6.07) is 10.5. The molecule has 144 valence electrons. The van der Waals surface area contributed by atoms with E-state index in [-0.39, 0.29) is 12.1 Å². The average molecular weight is 379 g/mol. The monoisotopic (exact) mass is 379 g/mol. The molecule has 3 aromatic rings. The number of carbonyl (C=O) groups excluding carboxylic acids is 1. The number of piperidine rings is 1. The molecule has 1 saturated heterocycles. The van der Waals surface area contributed by atoms with E-state index in [1.54, 1.807) is 30.5 Å². The number of likely N-dealkylation sites (tertiary alicyclic amines) is 1. The van der Waals surface area contributed by atoms with Crippen LogP contribution in [-0.4, -0.2) is 39.7 Å². The first-order chi connectivity index (χ1) is 13.7. The van der Waals surface area contributed by atoms with Crippen molar-refractivity contribution >= 4 is 11.7 Å². The predicted octanol–water partition coefficient (Wildman–Crippen LogP) is 3.90. The number of ether oxygens (including phenoxy) is 1. The van der Waals surface area contributed by atoms with Crippen LogP contribution in [0.25, 0.3) is 11.4 Å². The number of methoxy groups -OCH3 is 1. The predicted molar refractivity (Wildman–Crippen MR) is 103 cm³/mol. The summed E-state index contributed by atoms with van der Waals surface area (Å²) in [6.45, 7) is 0.632. The number of rotatable bonds is 4. The van der Waals surface area contributed by atoms with Crippen molar-refractivity contribution in [3.63, 3.8) is 0 Å². The largest absolute Gasteiger partial charge is 0.497 e. The molecule has 0 saturated carbocycles. The SMILES string of the molecule is COc1cccc(NC(=O)N2CCCC[C@H]2c2nc(-c3ccncc3)no2)c1.